The van der Waals surface area contributed by atoms with Crippen LogP contribution in [0.5, 0.6) is 0 Å². The van der Waals surface area contributed by atoms with E-state index in [1.54, 1.807) is 6.08 Å². The fourth-order valence-corrected chi connectivity index (χ4v) is 0.931. The molecule has 12 heavy (non-hydrogen) atoms. The van der Waals surface area contributed by atoms with Gasteiger partial charge in [-0.3, -0.25) is 4.79 Å². The number of nitrogens with two attached hydrogens (primary N) is 1. The number of hydrogen-bond acceptors (Lipinski definition) is 4. The summed E-state index contributed by atoms with van der Waals surface area (Å²) in [5, 5.41) is 0. The SMILES string of the molecule is C=CCC(N)(CS)C(=O)OC.Cl. The van der Waals surface area contributed by atoms with Crippen LogP contribution in [0.1, 0.15) is 6.42 Å². The Balaban J connectivity index is 0. The van der Waals surface area contributed by atoms with E-state index in [0.717, 1.165) is 0 Å². The molecule has 0 spiro atoms. The highest BCUT2D eigenvalue weighted by Crippen LogP contribution is 2.11. The van der Waals surface area contributed by atoms with Crippen molar-refractivity contribution in [3.05, 3.63) is 12.7 Å². The molecule has 3 nitrogen and oxygen atoms in total. The van der Waals surface area contributed by atoms with E-state index in [2.05, 4.69) is 23.9 Å². The molecule has 0 bridgehead atoms. The molecular formula is C7H14ClNO2S. The first-order chi connectivity index (χ1) is 5.10. The molecule has 0 aliphatic carbocycles. The van der Waals surface area contributed by atoms with Gasteiger partial charge in [0.25, 0.3) is 0 Å². The van der Waals surface area contributed by atoms with Gasteiger partial charge < -0.3 is 10.5 Å². The number of methoxy groups -OCH3 is 1. The van der Waals surface area contributed by atoms with Crippen LogP contribution in [0, 0.1) is 0 Å². The van der Waals surface area contributed by atoms with Gasteiger partial charge >= 0.3 is 5.97 Å². The molecule has 2 N–H and O–H groups in total. The number of thiol groups is 1. The average molecular weight is 212 g/mol. The van der Waals surface area contributed by atoms with E-state index in [0.29, 0.717) is 6.42 Å². The van der Waals surface area contributed by atoms with Crippen molar-refractivity contribution in [2.75, 3.05) is 12.9 Å². The summed E-state index contributed by atoms with van der Waals surface area (Å²) in [5.74, 6) is -0.196. The van der Waals surface area contributed by atoms with Crippen molar-refractivity contribution < 1.29 is 9.53 Å². The van der Waals surface area contributed by atoms with Gasteiger partial charge in [-0.2, -0.15) is 12.6 Å². The molecule has 0 saturated heterocycles. The summed E-state index contributed by atoms with van der Waals surface area (Å²) in [5.41, 5.74) is 4.63. The Kier molecular flexibility index (Phi) is 7.58. The van der Waals surface area contributed by atoms with Gasteiger partial charge in [-0.25, -0.2) is 0 Å². The first-order valence-corrected chi connectivity index (χ1v) is 3.83. The van der Waals surface area contributed by atoms with Crippen LogP contribution in [0.2, 0.25) is 0 Å². The van der Waals surface area contributed by atoms with E-state index in [1.807, 2.05) is 0 Å². The Morgan fingerprint density at radius 3 is 2.58 bits per heavy atom. The summed E-state index contributed by atoms with van der Waals surface area (Å²) < 4.78 is 4.50. The molecule has 0 aromatic rings. The molecule has 0 fully saturated rings. The van der Waals surface area contributed by atoms with Gasteiger partial charge in [-0.15, -0.1) is 19.0 Å². The Morgan fingerprint density at radius 2 is 2.33 bits per heavy atom. The fourth-order valence-electron chi connectivity index (χ4n) is 0.673. The van der Waals surface area contributed by atoms with E-state index < -0.39 is 11.5 Å². The molecule has 0 aliphatic heterocycles. The normalized spacial score (nSPS) is 13.9. The van der Waals surface area contributed by atoms with Gasteiger partial charge in [0.05, 0.1) is 7.11 Å². The van der Waals surface area contributed by atoms with Crippen molar-refractivity contribution in [1.29, 1.82) is 0 Å². The number of esters is 1. The summed E-state index contributed by atoms with van der Waals surface area (Å²) in [6.45, 7) is 3.49. The third-order valence-electron chi connectivity index (χ3n) is 1.38. The fraction of sp³-hybridized carbons (Fsp3) is 0.571. The minimum Gasteiger partial charge on any atom is -0.468 e. The molecule has 5 heteroatoms. The van der Waals surface area contributed by atoms with Crippen LogP contribution in [0.4, 0.5) is 0 Å². The summed E-state index contributed by atoms with van der Waals surface area (Å²) >= 11 is 3.95. The summed E-state index contributed by atoms with van der Waals surface area (Å²) in [7, 11) is 1.30. The molecule has 0 saturated carbocycles. The molecule has 0 aromatic carbocycles. The molecule has 0 aliphatic rings. The second-order valence-electron chi connectivity index (χ2n) is 2.30. The predicted octanol–water partition coefficient (Wildman–Crippen LogP) is 0.785. The second-order valence-corrected chi connectivity index (χ2v) is 2.61. The molecule has 0 heterocycles. The van der Waals surface area contributed by atoms with Crippen LogP contribution in [-0.2, 0) is 9.53 Å². The van der Waals surface area contributed by atoms with E-state index in [-0.39, 0.29) is 18.2 Å². The molecule has 0 radical (unpaired) electrons. The number of halogens is 1. The third kappa shape index (κ3) is 3.47. The zero-order valence-corrected chi connectivity index (χ0v) is 8.66. The number of carbonyl (C=O) groups excluding carboxylic acids is 1. The van der Waals surface area contributed by atoms with Crippen molar-refractivity contribution in [3.8, 4) is 0 Å². The van der Waals surface area contributed by atoms with Gasteiger partial charge in [0.1, 0.15) is 5.54 Å². The van der Waals surface area contributed by atoms with Crippen LogP contribution in [-0.4, -0.2) is 24.4 Å². The smallest absolute Gasteiger partial charge is 0.327 e. The summed E-state index contributed by atoms with van der Waals surface area (Å²) in [6, 6.07) is 0. The van der Waals surface area contributed by atoms with Crippen LogP contribution in [0.3, 0.4) is 0 Å². The Hall–Kier alpha value is -0.190. The number of hydrogen-bond donors (Lipinski definition) is 2. The highest BCUT2D eigenvalue weighted by atomic mass is 35.5. The molecule has 0 amide bonds. The zero-order chi connectivity index (χ0) is 8.91. The number of carbonyl (C=O) groups is 1. The van der Waals surface area contributed by atoms with Crippen LogP contribution in [0.25, 0.3) is 0 Å². The standard InChI is InChI=1S/C7H13NO2S.ClH/c1-3-4-7(8,5-11)6(9)10-2;/h3,11H,1,4-5,8H2,2H3;1H. The van der Waals surface area contributed by atoms with Crippen molar-refractivity contribution in [2.45, 2.75) is 12.0 Å². The van der Waals surface area contributed by atoms with Crippen molar-refractivity contribution in [2.24, 2.45) is 5.73 Å². The molecule has 1 unspecified atom stereocenters. The first-order valence-electron chi connectivity index (χ1n) is 3.20. The van der Waals surface area contributed by atoms with E-state index in [1.165, 1.54) is 7.11 Å². The lowest BCUT2D eigenvalue weighted by Crippen LogP contribution is -2.50. The van der Waals surface area contributed by atoms with Crippen molar-refractivity contribution >= 4 is 31.0 Å². The maximum Gasteiger partial charge on any atom is 0.327 e. The van der Waals surface area contributed by atoms with E-state index in [9.17, 15) is 4.79 Å². The van der Waals surface area contributed by atoms with Gasteiger partial charge in [0, 0.05) is 5.75 Å². The van der Waals surface area contributed by atoms with Crippen LogP contribution >= 0.6 is 25.0 Å². The average Bonchev–Trinajstić information content (AvgIpc) is 2.03. The van der Waals surface area contributed by atoms with Gasteiger partial charge in [-0.1, -0.05) is 6.08 Å². The molecule has 1 atom stereocenters. The molecule has 0 rings (SSSR count). The van der Waals surface area contributed by atoms with Gasteiger partial charge in [-0.05, 0) is 6.42 Å². The first kappa shape index (κ1) is 14.3. The minimum atomic E-state index is -1.01. The second kappa shape index (κ2) is 6.34. The number of rotatable bonds is 4. The molecule has 0 aromatic heterocycles. The highest BCUT2D eigenvalue weighted by Gasteiger charge is 2.31. The Bertz CT molecular complexity index is 165. The van der Waals surface area contributed by atoms with Crippen LogP contribution < -0.4 is 5.73 Å². The largest absolute Gasteiger partial charge is 0.468 e. The quantitative estimate of drug-likeness (QED) is 0.411. The molecular weight excluding hydrogens is 198 g/mol. The summed E-state index contributed by atoms with van der Waals surface area (Å²) in [6.07, 6.45) is 1.95. The minimum absolute atomic E-state index is 0. The van der Waals surface area contributed by atoms with Crippen molar-refractivity contribution in [1.82, 2.24) is 0 Å². The summed E-state index contributed by atoms with van der Waals surface area (Å²) in [4.78, 5) is 11.0. The lowest BCUT2D eigenvalue weighted by Gasteiger charge is -2.22. The molecule has 72 valence electrons. The zero-order valence-electron chi connectivity index (χ0n) is 6.95. The Morgan fingerprint density at radius 1 is 1.83 bits per heavy atom. The van der Waals surface area contributed by atoms with Crippen LogP contribution in [0.15, 0.2) is 12.7 Å². The topological polar surface area (TPSA) is 52.3 Å². The Labute approximate surface area is 84.2 Å². The maximum absolute atomic E-state index is 11.0. The lowest BCUT2D eigenvalue weighted by atomic mass is 10.00. The van der Waals surface area contributed by atoms with Gasteiger partial charge in [0.15, 0.2) is 0 Å². The third-order valence-corrected chi connectivity index (χ3v) is 1.95. The van der Waals surface area contributed by atoms with Crippen molar-refractivity contribution in [3.63, 3.8) is 0 Å². The monoisotopic (exact) mass is 211 g/mol. The van der Waals surface area contributed by atoms with Gasteiger partial charge in [0.2, 0.25) is 0 Å². The lowest BCUT2D eigenvalue weighted by molar-refractivity contribution is -0.146. The van der Waals surface area contributed by atoms with E-state index >= 15 is 0 Å². The van der Waals surface area contributed by atoms with E-state index in [4.69, 9.17) is 5.73 Å². The highest BCUT2D eigenvalue weighted by molar-refractivity contribution is 7.80. The predicted molar refractivity (Wildman–Crippen MR) is 54.8 cm³/mol. The maximum atomic E-state index is 11.0. The number of ether oxygens (including phenoxy) is 1.